The first-order valence-electron chi connectivity index (χ1n) is 11.1. The van der Waals surface area contributed by atoms with Crippen LogP contribution in [0.4, 0.5) is 18.0 Å². The van der Waals surface area contributed by atoms with Gasteiger partial charge in [-0.2, -0.15) is 13.2 Å². The van der Waals surface area contributed by atoms with Crippen LogP contribution in [-0.4, -0.2) is 101 Å². The number of nitrogens with zero attached hydrogens (tertiary/aromatic N) is 2. The number of hydrogen-bond donors (Lipinski definition) is 1. The van der Waals surface area contributed by atoms with E-state index in [4.69, 9.17) is 28.4 Å². The molecular weight excluding hydrogens is 497 g/mol. The molecule has 8 atom stereocenters. The summed E-state index contributed by atoms with van der Waals surface area (Å²) in [4.78, 5) is 18.6. The molecule has 0 aromatic carbocycles. The topological polar surface area (TPSA) is 108 Å². The second-order valence-electron chi connectivity index (χ2n) is 9.66. The van der Waals surface area contributed by atoms with E-state index in [1.807, 2.05) is 0 Å². The van der Waals surface area contributed by atoms with E-state index in [9.17, 15) is 23.1 Å². The molecule has 0 radical (unpaired) electrons. The first-order valence-corrected chi connectivity index (χ1v) is 12.0. The van der Waals surface area contributed by atoms with Crippen molar-refractivity contribution in [2.45, 2.75) is 101 Å². The van der Waals surface area contributed by atoms with Gasteiger partial charge in [0.15, 0.2) is 11.3 Å². The fourth-order valence-corrected chi connectivity index (χ4v) is 5.31. The Kier molecular flexibility index (Phi) is 7.81. The molecule has 8 unspecified atom stereocenters. The molecule has 3 aliphatic heterocycles. The van der Waals surface area contributed by atoms with E-state index in [2.05, 4.69) is 4.99 Å². The molecule has 3 rings (SSSR count). The minimum absolute atomic E-state index is 0.192. The van der Waals surface area contributed by atoms with Gasteiger partial charge in [0.05, 0.1) is 0 Å². The van der Waals surface area contributed by atoms with Gasteiger partial charge in [-0.1, -0.05) is 11.8 Å². The van der Waals surface area contributed by atoms with E-state index in [1.54, 1.807) is 27.7 Å². The van der Waals surface area contributed by atoms with Crippen LogP contribution in [0.5, 0.6) is 0 Å². The molecule has 14 heteroatoms. The second kappa shape index (κ2) is 9.62. The highest BCUT2D eigenvalue weighted by atomic mass is 32.2. The summed E-state index contributed by atoms with van der Waals surface area (Å²) >= 11 is 0.949. The summed E-state index contributed by atoms with van der Waals surface area (Å²) in [6.45, 7) is 10.0. The summed E-state index contributed by atoms with van der Waals surface area (Å²) in [6.07, 6.45) is -12.9. The van der Waals surface area contributed by atoms with Crippen LogP contribution in [0.15, 0.2) is 4.99 Å². The maximum absolute atomic E-state index is 13.6. The maximum atomic E-state index is 13.6. The number of amides is 1. The lowest BCUT2D eigenvalue weighted by Gasteiger charge is -2.56. The monoisotopic (exact) mass is 530 g/mol. The quantitative estimate of drug-likeness (QED) is 0.587. The van der Waals surface area contributed by atoms with Crippen LogP contribution in [0.3, 0.4) is 0 Å². The Morgan fingerprint density at radius 1 is 1.17 bits per heavy atom. The molecule has 0 aromatic rings. The van der Waals surface area contributed by atoms with Crippen LogP contribution >= 0.6 is 11.8 Å². The van der Waals surface area contributed by atoms with Gasteiger partial charge in [-0.25, -0.2) is 4.79 Å². The summed E-state index contributed by atoms with van der Waals surface area (Å²) in [5, 5.41) is 10.3. The molecule has 0 saturated carbocycles. The maximum Gasteiger partial charge on any atom is 0.417 e. The molecule has 10 nitrogen and oxygen atoms in total. The highest BCUT2D eigenvalue weighted by molar-refractivity contribution is 8.14. The fourth-order valence-electron chi connectivity index (χ4n) is 4.05. The molecule has 0 aliphatic carbocycles. The summed E-state index contributed by atoms with van der Waals surface area (Å²) in [5.74, 6) is -3.16. The molecule has 1 N–H and O–H groups in total. The van der Waals surface area contributed by atoms with Crippen molar-refractivity contribution in [3.8, 4) is 0 Å². The van der Waals surface area contributed by atoms with Gasteiger partial charge >= 0.3 is 12.3 Å². The van der Waals surface area contributed by atoms with Gasteiger partial charge in [0.25, 0.3) is 0 Å². The average Bonchev–Trinajstić information content (AvgIpc) is 3.16. The van der Waals surface area contributed by atoms with Gasteiger partial charge in [-0.05, 0) is 41.5 Å². The van der Waals surface area contributed by atoms with Gasteiger partial charge in [0, 0.05) is 20.8 Å². The number of aliphatic hydroxyl groups excluding tert-OH is 1. The van der Waals surface area contributed by atoms with Gasteiger partial charge < -0.3 is 33.5 Å². The van der Waals surface area contributed by atoms with Crippen molar-refractivity contribution in [2.24, 2.45) is 4.99 Å². The Hall–Kier alpha value is -1.16. The fraction of sp³-hybridized carbons (Fsp3) is 0.905. The molecule has 2 fully saturated rings. The van der Waals surface area contributed by atoms with E-state index < -0.39 is 65.3 Å². The van der Waals surface area contributed by atoms with Crippen molar-refractivity contribution in [2.75, 3.05) is 20.8 Å². The summed E-state index contributed by atoms with van der Waals surface area (Å²) < 4.78 is 74.9. The zero-order chi connectivity index (χ0) is 26.6. The molecule has 35 heavy (non-hydrogen) atoms. The standard InChI is InChI=1S/C21H33F3N2O8S/c1-9-26(17(28)34-18(2,3)4)16-25-10-11-12(33-20(6,30-8)19(5,29-7)32-11)13(31-15(10)35-16)14(27)21(22,23)24/h10-15,27H,9H2,1-8H3. The van der Waals surface area contributed by atoms with Crippen LogP contribution in [-0.2, 0) is 28.4 Å². The van der Waals surface area contributed by atoms with E-state index in [0.29, 0.717) is 0 Å². The first-order chi connectivity index (χ1) is 16.0. The SMILES string of the molecule is CCN(C(=O)OC(C)(C)C)C1=NC2C(OC(C(O)C(F)(F)F)C3OC(C)(OC)C(C)(OC)OC23)S1. The van der Waals surface area contributed by atoms with Gasteiger partial charge in [0.2, 0.25) is 11.6 Å². The second-order valence-corrected chi connectivity index (χ2v) is 10.7. The average molecular weight is 531 g/mol. The molecule has 3 aliphatic rings. The molecule has 3 heterocycles. The molecular formula is C21H33F3N2O8S. The van der Waals surface area contributed by atoms with Crippen molar-refractivity contribution in [1.29, 1.82) is 0 Å². The van der Waals surface area contributed by atoms with Crippen molar-refractivity contribution >= 4 is 23.0 Å². The number of amidine groups is 1. The molecule has 2 saturated heterocycles. The third kappa shape index (κ3) is 5.29. The van der Waals surface area contributed by atoms with E-state index in [1.165, 1.54) is 33.0 Å². The Morgan fingerprint density at radius 2 is 1.71 bits per heavy atom. The van der Waals surface area contributed by atoms with Gasteiger partial charge in [-0.3, -0.25) is 9.89 Å². The lowest BCUT2D eigenvalue weighted by atomic mass is 9.90. The number of aliphatic imine (C=N–C) groups is 1. The number of carbonyl (C=O) groups excluding carboxylic acids is 1. The summed E-state index contributed by atoms with van der Waals surface area (Å²) in [6, 6.07) is -0.871. The largest absolute Gasteiger partial charge is 0.443 e. The predicted molar refractivity (Wildman–Crippen MR) is 119 cm³/mol. The molecule has 0 spiro atoms. The number of ether oxygens (including phenoxy) is 6. The van der Waals surface area contributed by atoms with Gasteiger partial charge in [-0.15, -0.1) is 0 Å². The third-order valence-electron chi connectivity index (χ3n) is 6.17. The highest BCUT2D eigenvalue weighted by Crippen LogP contribution is 2.49. The zero-order valence-corrected chi connectivity index (χ0v) is 21.7. The molecule has 202 valence electrons. The molecule has 0 bridgehead atoms. The summed E-state index contributed by atoms with van der Waals surface area (Å²) in [5.41, 5.74) is -1.77. The summed E-state index contributed by atoms with van der Waals surface area (Å²) in [7, 11) is 2.64. The van der Waals surface area contributed by atoms with Crippen LogP contribution in [0.25, 0.3) is 0 Å². The van der Waals surface area contributed by atoms with Crippen LogP contribution in [0.1, 0.15) is 41.5 Å². The van der Waals surface area contributed by atoms with Crippen molar-refractivity contribution in [3.05, 3.63) is 0 Å². The minimum atomic E-state index is -4.99. The van der Waals surface area contributed by atoms with E-state index in [-0.39, 0.29) is 11.7 Å². The number of thioether (sulfide) groups is 1. The van der Waals surface area contributed by atoms with Gasteiger partial charge in [0.1, 0.15) is 35.4 Å². The van der Waals surface area contributed by atoms with Crippen molar-refractivity contribution < 1.29 is 51.5 Å². The number of rotatable bonds is 4. The number of methoxy groups -OCH3 is 2. The third-order valence-corrected chi connectivity index (χ3v) is 7.33. The number of carbonyl (C=O) groups is 1. The number of aliphatic hydroxyl groups is 1. The smallest absolute Gasteiger partial charge is 0.417 e. The molecule has 1 amide bonds. The molecule has 0 aromatic heterocycles. The Morgan fingerprint density at radius 3 is 2.17 bits per heavy atom. The Balaban J connectivity index is 1.99. The predicted octanol–water partition coefficient (Wildman–Crippen LogP) is 2.87. The van der Waals surface area contributed by atoms with E-state index >= 15 is 0 Å². The minimum Gasteiger partial charge on any atom is -0.443 e. The Labute approximate surface area is 206 Å². The lowest BCUT2D eigenvalue weighted by molar-refractivity contribution is -0.467. The van der Waals surface area contributed by atoms with Crippen LogP contribution in [0.2, 0.25) is 0 Å². The number of fused-ring (bicyclic) bond motifs is 3. The van der Waals surface area contributed by atoms with E-state index in [0.717, 1.165) is 11.8 Å². The first kappa shape index (κ1) is 28.4. The lowest BCUT2D eigenvalue weighted by Crippen LogP contribution is -2.73. The van der Waals surface area contributed by atoms with Crippen LogP contribution < -0.4 is 0 Å². The number of alkyl halides is 3. The number of hydrogen-bond acceptors (Lipinski definition) is 10. The normalized spacial score (nSPS) is 38.3. The van der Waals surface area contributed by atoms with Crippen molar-refractivity contribution in [1.82, 2.24) is 4.90 Å². The zero-order valence-electron chi connectivity index (χ0n) is 20.9. The Bertz CT molecular complexity index is 840. The number of halogens is 3. The van der Waals surface area contributed by atoms with Crippen LogP contribution in [0, 0.1) is 0 Å². The van der Waals surface area contributed by atoms with Crippen molar-refractivity contribution in [3.63, 3.8) is 0 Å². The highest BCUT2D eigenvalue weighted by Gasteiger charge is 2.66.